The number of H-pyrrole nitrogens is 1. The summed E-state index contributed by atoms with van der Waals surface area (Å²) in [4.78, 5) is 19.8. The van der Waals surface area contributed by atoms with Gasteiger partial charge in [0.1, 0.15) is 11.6 Å². The van der Waals surface area contributed by atoms with Gasteiger partial charge in [-0.2, -0.15) is 0 Å². The van der Waals surface area contributed by atoms with E-state index in [4.69, 9.17) is 11.6 Å². The molecule has 6 nitrogen and oxygen atoms in total. The largest absolute Gasteiger partial charge is 0.309 e. The van der Waals surface area contributed by atoms with Gasteiger partial charge in [-0.15, -0.1) is 10.2 Å². The van der Waals surface area contributed by atoms with Crippen LogP contribution in [0.25, 0.3) is 10.9 Å². The summed E-state index contributed by atoms with van der Waals surface area (Å²) in [6, 6.07) is 15.5. The predicted octanol–water partition coefficient (Wildman–Crippen LogP) is 4.39. The third kappa shape index (κ3) is 3.93. The van der Waals surface area contributed by atoms with E-state index in [1.165, 1.54) is 30.2 Å². The number of thioether (sulfide) groups is 1. The Hall–Kier alpha value is -2.64. The third-order valence-corrected chi connectivity index (χ3v) is 6.14. The molecule has 2 aromatic heterocycles. The molecule has 0 amide bonds. The second-order valence-corrected chi connectivity index (χ2v) is 8.53. The Kier molecular flexibility index (Phi) is 4.85. The zero-order valence-electron chi connectivity index (χ0n) is 15.5. The summed E-state index contributed by atoms with van der Waals surface area (Å²) in [5.41, 5.74) is 1.67. The van der Waals surface area contributed by atoms with Crippen molar-refractivity contribution in [3.05, 3.63) is 81.1 Å². The van der Waals surface area contributed by atoms with Gasteiger partial charge in [0, 0.05) is 10.9 Å². The monoisotopic (exact) mass is 423 g/mol. The van der Waals surface area contributed by atoms with Gasteiger partial charge in [0.25, 0.3) is 5.56 Å². The third-order valence-electron chi connectivity index (χ3n) is 4.93. The van der Waals surface area contributed by atoms with Gasteiger partial charge < -0.3 is 9.55 Å². The summed E-state index contributed by atoms with van der Waals surface area (Å²) in [7, 11) is 0. The Labute approximate surface area is 176 Å². The van der Waals surface area contributed by atoms with E-state index in [1.54, 1.807) is 18.2 Å². The molecule has 1 N–H and O–H groups in total. The van der Waals surface area contributed by atoms with Crippen LogP contribution in [0.5, 0.6) is 0 Å². The fourth-order valence-electron chi connectivity index (χ4n) is 3.33. The smallest absolute Gasteiger partial charge is 0.258 e. The van der Waals surface area contributed by atoms with Crippen molar-refractivity contribution in [2.45, 2.75) is 36.2 Å². The van der Waals surface area contributed by atoms with Crippen LogP contribution in [0.15, 0.2) is 58.5 Å². The minimum atomic E-state index is -0.183. The van der Waals surface area contributed by atoms with Crippen LogP contribution in [0.2, 0.25) is 5.02 Å². The summed E-state index contributed by atoms with van der Waals surface area (Å²) < 4.78 is 2.19. The van der Waals surface area contributed by atoms with Gasteiger partial charge in [0.2, 0.25) is 0 Å². The van der Waals surface area contributed by atoms with Crippen LogP contribution in [-0.4, -0.2) is 24.7 Å². The van der Waals surface area contributed by atoms with Gasteiger partial charge in [0.05, 0.1) is 23.2 Å². The van der Waals surface area contributed by atoms with E-state index >= 15 is 0 Å². The number of halogens is 1. The van der Waals surface area contributed by atoms with Crippen LogP contribution in [0.3, 0.4) is 0 Å². The van der Waals surface area contributed by atoms with Crippen molar-refractivity contribution in [1.29, 1.82) is 0 Å². The highest BCUT2D eigenvalue weighted by Gasteiger charge is 2.30. The minimum Gasteiger partial charge on any atom is -0.309 e. The fourth-order valence-corrected chi connectivity index (χ4v) is 4.31. The van der Waals surface area contributed by atoms with Gasteiger partial charge in [-0.3, -0.25) is 4.79 Å². The summed E-state index contributed by atoms with van der Waals surface area (Å²) in [5.74, 6) is 2.66. The maximum absolute atomic E-state index is 12.4. The molecule has 5 rings (SSSR count). The van der Waals surface area contributed by atoms with Crippen LogP contribution in [0, 0.1) is 0 Å². The van der Waals surface area contributed by atoms with Gasteiger partial charge in [-0.05, 0) is 36.6 Å². The van der Waals surface area contributed by atoms with Crippen molar-refractivity contribution >= 4 is 34.3 Å². The molecule has 0 aliphatic heterocycles. The van der Waals surface area contributed by atoms with Crippen LogP contribution in [0.1, 0.15) is 36.0 Å². The molecule has 2 heterocycles. The van der Waals surface area contributed by atoms with Gasteiger partial charge >= 0.3 is 0 Å². The minimum absolute atomic E-state index is 0.183. The molecule has 8 heteroatoms. The summed E-state index contributed by atoms with van der Waals surface area (Å²) in [6.45, 7) is 0.738. The molecule has 0 unspecified atom stereocenters. The molecule has 1 aliphatic carbocycles. The van der Waals surface area contributed by atoms with Gasteiger partial charge in [-0.25, -0.2) is 4.98 Å². The topological polar surface area (TPSA) is 76.5 Å². The molecule has 1 fully saturated rings. The zero-order valence-corrected chi connectivity index (χ0v) is 17.1. The van der Waals surface area contributed by atoms with E-state index in [0.29, 0.717) is 33.4 Å². The molecule has 29 heavy (non-hydrogen) atoms. The Morgan fingerprint density at radius 1 is 1.14 bits per heavy atom. The lowest BCUT2D eigenvalue weighted by Gasteiger charge is -2.10. The number of aromatic nitrogens is 5. The number of nitrogens with one attached hydrogen (secondary N) is 1. The van der Waals surface area contributed by atoms with Crippen molar-refractivity contribution < 1.29 is 0 Å². The second-order valence-electron chi connectivity index (χ2n) is 7.15. The fraction of sp³-hybridized carbons (Fsp3) is 0.238. The predicted molar refractivity (Wildman–Crippen MR) is 114 cm³/mol. The SMILES string of the molecule is O=c1[nH]c(CSc2nnc(C3CC3)n2Cc2ccccc2)nc2ccc(Cl)cc12. The second kappa shape index (κ2) is 7.65. The first-order valence-corrected chi connectivity index (χ1v) is 10.8. The average molecular weight is 424 g/mol. The maximum Gasteiger partial charge on any atom is 0.258 e. The average Bonchev–Trinajstić information content (AvgIpc) is 3.50. The lowest BCUT2D eigenvalue weighted by molar-refractivity contribution is 0.667. The van der Waals surface area contributed by atoms with Crippen molar-refractivity contribution in [1.82, 2.24) is 24.7 Å². The molecule has 2 aromatic carbocycles. The van der Waals surface area contributed by atoms with E-state index < -0.39 is 0 Å². The number of benzene rings is 2. The van der Waals surface area contributed by atoms with E-state index in [9.17, 15) is 4.79 Å². The van der Waals surface area contributed by atoms with Crippen LogP contribution >= 0.6 is 23.4 Å². The lowest BCUT2D eigenvalue weighted by Crippen LogP contribution is -2.11. The highest BCUT2D eigenvalue weighted by molar-refractivity contribution is 7.98. The van der Waals surface area contributed by atoms with Gasteiger partial charge in [0.15, 0.2) is 5.16 Å². The molecular weight excluding hydrogens is 406 g/mol. The van der Waals surface area contributed by atoms with Crippen LogP contribution < -0.4 is 5.56 Å². The molecule has 1 aliphatic rings. The number of fused-ring (bicyclic) bond motifs is 1. The van der Waals surface area contributed by atoms with E-state index in [0.717, 1.165) is 17.5 Å². The van der Waals surface area contributed by atoms with Crippen molar-refractivity contribution in [3.63, 3.8) is 0 Å². The molecule has 0 atom stereocenters. The highest BCUT2D eigenvalue weighted by atomic mass is 35.5. The summed E-state index contributed by atoms with van der Waals surface area (Å²) in [5, 5.41) is 10.7. The molecular formula is C21H18ClN5OS. The van der Waals surface area contributed by atoms with E-state index in [2.05, 4.69) is 36.9 Å². The number of hydrogen-bond donors (Lipinski definition) is 1. The van der Waals surface area contributed by atoms with Crippen LogP contribution in [-0.2, 0) is 12.3 Å². The first-order chi connectivity index (χ1) is 14.2. The molecule has 0 bridgehead atoms. The molecule has 0 radical (unpaired) electrons. The molecule has 146 valence electrons. The van der Waals surface area contributed by atoms with Gasteiger partial charge in [-0.1, -0.05) is 53.7 Å². The number of hydrogen-bond acceptors (Lipinski definition) is 5. The first-order valence-electron chi connectivity index (χ1n) is 9.45. The zero-order chi connectivity index (χ0) is 19.8. The van der Waals surface area contributed by atoms with Crippen molar-refractivity contribution in [3.8, 4) is 0 Å². The summed E-state index contributed by atoms with van der Waals surface area (Å²) in [6.07, 6.45) is 2.33. The Balaban J connectivity index is 1.41. The summed E-state index contributed by atoms with van der Waals surface area (Å²) >= 11 is 7.52. The Morgan fingerprint density at radius 2 is 1.97 bits per heavy atom. The molecule has 0 spiro atoms. The van der Waals surface area contributed by atoms with E-state index in [1.807, 2.05) is 18.2 Å². The van der Waals surface area contributed by atoms with Crippen molar-refractivity contribution in [2.24, 2.45) is 0 Å². The Morgan fingerprint density at radius 3 is 2.76 bits per heavy atom. The molecule has 4 aromatic rings. The molecule has 0 saturated heterocycles. The highest BCUT2D eigenvalue weighted by Crippen LogP contribution is 2.40. The molecule has 1 saturated carbocycles. The number of nitrogens with zero attached hydrogens (tertiary/aromatic N) is 4. The quantitative estimate of drug-likeness (QED) is 0.465. The standard InChI is InChI=1S/C21H18ClN5OS/c22-15-8-9-17-16(10-15)20(28)24-18(23-17)12-29-21-26-25-19(14-6-7-14)27(21)11-13-4-2-1-3-5-13/h1-5,8-10,14H,6-7,11-12H2,(H,23,24,28). The van der Waals surface area contributed by atoms with Crippen molar-refractivity contribution in [2.75, 3.05) is 0 Å². The maximum atomic E-state index is 12.4. The Bertz CT molecular complexity index is 1230. The number of rotatable bonds is 6. The first kappa shape index (κ1) is 18.4. The van der Waals surface area contributed by atoms with E-state index in [-0.39, 0.29) is 5.56 Å². The normalized spacial score (nSPS) is 13.8. The lowest BCUT2D eigenvalue weighted by atomic mass is 10.2. The van der Waals surface area contributed by atoms with Crippen LogP contribution in [0.4, 0.5) is 0 Å². The number of aromatic amines is 1.